The second-order valence-corrected chi connectivity index (χ2v) is 3.86. The Balaban J connectivity index is 2.96. The van der Waals surface area contributed by atoms with Crippen LogP contribution in [0.25, 0.3) is 6.08 Å². The molecule has 19 heavy (non-hydrogen) atoms. The quantitative estimate of drug-likeness (QED) is 0.786. The molecule has 0 unspecified atom stereocenters. The minimum atomic E-state index is -1.03. The SMILES string of the molecule is CC(=O)N(CCC(=O)O)C([C]=O)=Cc1ccccc1. The average molecular weight is 260 g/mol. The van der Waals surface area contributed by atoms with Gasteiger partial charge in [-0.2, -0.15) is 0 Å². The predicted molar refractivity (Wildman–Crippen MR) is 69.8 cm³/mol. The summed E-state index contributed by atoms with van der Waals surface area (Å²) in [7, 11) is 0. The number of carboxylic acid groups (broad SMARTS) is 1. The zero-order valence-electron chi connectivity index (χ0n) is 10.5. The Morgan fingerprint density at radius 1 is 1.32 bits per heavy atom. The highest BCUT2D eigenvalue weighted by Gasteiger charge is 2.15. The van der Waals surface area contributed by atoms with E-state index in [9.17, 15) is 14.4 Å². The highest BCUT2D eigenvalue weighted by atomic mass is 16.4. The number of carboxylic acids is 1. The van der Waals surface area contributed by atoms with Gasteiger partial charge in [0.1, 0.15) is 0 Å². The molecule has 5 heteroatoms. The van der Waals surface area contributed by atoms with Crippen molar-refractivity contribution in [2.45, 2.75) is 13.3 Å². The summed E-state index contributed by atoms with van der Waals surface area (Å²) in [5, 5.41) is 8.63. The van der Waals surface area contributed by atoms with Crippen LogP contribution in [-0.4, -0.2) is 34.7 Å². The maximum absolute atomic E-state index is 11.5. The molecule has 0 aliphatic heterocycles. The number of carbonyl (C=O) groups excluding carboxylic acids is 2. The first-order valence-electron chi connectivity index (χ1n) is 5.69. The molecule has 0 heterocycles. The van der Waals surface area contributed by atoms with Gasteiger partial charge in [-0.05, 0) is 11.6 Å². The van der Waals surface area contributed by atoms with Gasteiger partial charge in [-0.1, -0.05) is 30.3 Å². The summed E-state index contributed by atoms with van der Waals surface area (Å²) >= 11 is 0. The second-order valence-electron chi connectivity index (χ2n) is 3.86. The van der Waals surface area contributed by atoms with Crippen molar-refractivity contribution in [3.8, 4) is 0 Å². The Morgan fingerprint density at radius 2 is 1.95 bits per heavy atom. The van der Waals surface area contributed by atoms with E-state index in [1.54, 1.807) is 30.6 Å². The van der Waals surface area contributed by atoms with Gasteiger partial charge in [-0.15, -0.1) is 0 Å². The van der Waals surface area contributed by atoms with Crippen molar-refractivity contribution < 1.29 is 19.5 Å². The lowest BCUT2D eigenvalue weighted by Gasteiger charge is -2.19. The molecule has 1 aromatic rings. The van der Waals surface area contributed by atoms with Crippen LogP contribution in [0, 0.1) is 0 Å². The maximum Gasteiger partial charge on any atom is 0.305 e. The van der Waals surface area contributed by atoms with E-state index in [2.05, 4.69) is 0 Å². The second kappa shape index (κ2) is 7.10. The van der Waals surface area contributed by atoms with Crippen LogP contribution in [0.1, 0.15) is 18.9 Å². The van der Waals surface area contributed by atoms with Crippen LogP contribution in [0.5, 0.6) is 0 Å². The van der Waals surface area contributed by atoms with E-state index < -0.39 is 11.9 Å². The van der Waals surface area contributed by atoms with Crippen LogP contribution in [0.15, 0.2) is 36.0 Å². The summed E-state index contributed by atoms with van der Waals surface area (Å²) in [6, 6.07) is 8.96. The van der Waals surface area contributed by atoms with Crippen molar-refractivity contribution in [2.24, 2.45) is 0 Å². The van der Waals surface area contributed by atoms with E-state index in [0.29, 0.717) is 0 Å². The molecule has 0 spiro atoms. The summed E-state index contributed by atoms with van der Waals surface area (Å²) in [6.07, 6.45) is 2.95. The molecule has 0 aliphatic rings. The Labute approximate surface area is 111 Å². The molecule has 99 valence electrons. The van der Waals surface area contributed by atoms with Crippen molar-refractivity contribution in [2.75, 3.05) is 6.54 Å². The third kappa shape index (κ3) is 4.75. The number of amides is 1. The summed E-state index contributed by atoms with van der Waals surface area (Å²) in [4.78, 5) is 34.1. The fourth-order valence-electron chi connectivity index (χ4n) is 1.52. The van der Waals surface area contributed by atoms with Gasteiger partial charge >= 0.3 is 5.97 Å². The molecule has 0 aromatic heterocycles. The summed E-state index contributed by atoms with van der Waals surface area (Å²) in [5.74, 6) is -1.43. The maximum atomic E-state index is 11.5. The fourth-order valence-corrected chi connectivity index (χ4v) is 1.52. The molecule has 0 bridgehead atoms. The first kappa shape index (κ1) is 14.6. The lowest BCUT2D eigenvalue weighted by atomic mass is 10.2. The minimum Gasteiger partial charge on any atom is -0.481 e. The Bertz CT molecular complexity index is 493. The zero-order chi connectivity index (χ0) is 14.3. The van der Waals surface area contributed by atoms with Crippen molar-refractivity contribution in [1.29, 1.82) is 0 Å². The lowest BCUT2D eigenvalue weighted by molar-refractivity contribution is -0.137. The van der Waals surface area contributed by atoms with Crippen molar-refractivity contribution in [3.05, 3.63) is 41.6 Å². The average Bonchev–Trinajstić information content (AvgIpc) is 2.38. The van der Waals surface area contributed by atoms with Gasteiger partial charge in [-0.25, -0.2) is 0 Å². The molecule has 0 saturated heterocycles. The van der Waals surface area contributed by atoms with Crippen molar-refractivity contribution >= 4 is 24.2 Å². The van der Waals surface area contributed by atoms with E-state index in [0.717, 1.165) is 10.5 Å². The first-order chi connectivity index (χ1) is 9.04. The Kier molecular flexibility index (Phi) is 5.47. The largest absolute Gasteiger partial charge is 0.481 e. The number of carbonyl (C=O) groups is 2. The van der Waals surface area contributed by atoms with Gasteiger partial charge in [0.15, 0.2) is 0 Å². The zero-order valence-corrected chi connectivity index (χ0v) is 10.5. The van der Waals surface area contributed by atoms with Gasteiger partial charge in [0, 0.05) is 13.5 Å². The van der Waals surface area contributed by atoms with E-state index in [1.807, 2.05) is 6.07 Å². The third-order valence-corrected chi connectivity index (χ3v) is 2.43. The predicted octanol–water partition coefficient (Wildman–Crippen LogP) is 1.46. The van der Waals surface area contributed by atoms with Gasteiger partial charge in [-0.3, -0.25) is 14.4 Å². The van der Waals surface area contributed by atoms with E-state index in [4.69, 9.17) is 5.11 Å². The molecule has 0 aliphatic carbocycles. The molecule has 0 saturated carbocycles. The number of rotatable bonds is 6. The van der Waals surface area contributed by atoms with Crippen LogP contribution < -0.4 is 0 Å². The van der Waals surface area contributed by atoms with Crippen LogP contribution in [0.4, 0.5) is 0 Å². The molecule has 1 amide bonds. The molecule has 0 fully saturated rings. The Morgan fingerprint density at radius 3 is 2.42 bits per heavy atom. The highest BCUT2D eigenvalue weighted by Crippen LogP contribution is 2.10. The molecule has 1 aromatic carbocycles. The Hall–Kier alpha value is -2.43. The van der Waals surface area contributed by atoms with E-state index >= 15 is 0 Å². The first-order valence-corrected chi connectivity index (χ1v) is 5.69. The fraction of sp³-hybridized carbons (Fsp3) is 0.214. The van der Waals surface area contributed by atoms with Gasteiger partial charge in [0.2, 0.25) is 5.91 Å². The number of nitrogens with zero attached hydrogens (tertiary/aromatic N) is 1. The molecule has 1 N–H and O–H groups in total. The van der Waals surface area contributed by atoms with Gasteiger partial charge in [0.25, 0.3) is 6.29 Å². The van der Waals surface area contributed by atoms with Crippen LogP contribution in [-0.2, 0) is 14.4 Å². The van der Waals surface area contributed by atoms with E-state index in [1.165, 1.54) is 13.0 Å². The normalized spacial score (nSPS) is 10.9. The molecular formula is C14H14NO4. The number of benzene rings is 1. The van der Waals surface area contributed by atoms with Gasteiger partial charge in [0.05, 0.1) is 12.1 Å². The summed E-state index contributed by atoms with van der Waals surface area (Å²) in [5.41, 5.74) is 0.766. The van der Waals surface area contributed by atoms with Crippen LogP contribution >= 0.6 is 0 Å². The molecule has 5 nitrogen and oxygen atoms in total. The van der Waals surface area contributed by atoms with Crippen LogP contribution in [0.3, 0.4) is 0 Å². The summed E-state index contributed by atoms with van der Waals surface area (Å²) < 4.78 is 0. The topological polar surface area (TPSA) is 74.7 Å². The van der Waals surface area contributed by atoms with Crippen molar-refractivity contribution in [1.82, 2.24) is 4.90 Å². The van der Waals surface area contributed by atoms with Gasteiger partial charge < -0.3 is 10.0 Å². The monoisotopic (exact) mass is 260 g/mol. The molecule has 0 atom stereocenters. The number of hydrogen-bond donors (Lipinski definition) is 1. The van der Waals surface area contributed by atoms with E-state index in [-0.39, 0.29) is 18.7 Å². The number of hydrogen-bond acceptors (Lipinski definition) is 3. The molecular weight excluding hydrogens is 246 g/mol. The lowest BCUT2D eigenvalue weighted by Crippen LogP contribution is -2.30. The standard InChI is InChI=1S/C14H14NO4/c1-11(17)15(8-7-14(18)19)13(10-16)9-12-5-3-2-4-6-12/h2-6,9H,7-8H2,1H3,(H,18,19). The summed E-state index contributed by atoms with van der Waals surface area (Å²) in [6.45, 7) is 1.22. The smallest absolute Gasteiger partial charge is 0.305 e. The third-order valence-electron chi connectivity index (χ3n) is 2.43. The van der Waals surface area contributed by atoms with Crippen molar-refractivity contribution in [3.63, 3.8) is 0 Å². The highest BCUT2D eigenvalue weighted by molar-refractivity contribution is 5.89. The number of allylic oxidation sites excluding steroid dienone is 1. The number of aliphatic carboxylic acids is 1. The molecule has 1 rings (SSSR count). The molecule has 1 radical (unpaired) electrons. The van der Waals surface area contributed by atoms with Crippen LogP contribution in [0.2, 0.25) is 0 Å². The minimum absolute atomic E-state index is 0.0277.